The van der Waals surface area contributed by atoms with Crippen LogP contribution in [-0.4, -0.2) is 39.7 Å². The largest absolute Gasteiger partial charge is 0.467 e. The number of nitrogens with one attached hydrogen (secondary N) is 1. The van der Waals surface area contributed by atoms with Crippen molar-refractivity contribution in [3.63, 3.8) is 0 Å². The third kappa shape index (κ3) is 3.18. The van der Waals surface area contributed by atoms with Crippen molar-refractivity contribution in [3.8, 4) is 17.1 Å². The number of hydrogen-bond acceptors (Lipinski definition) is 7. The number of fused-ring (bicyclic) bond motifs is 1. The fourth-order valence-electron chi connectivity index (χ4n) is 2.43. The molecule has 0 atom stereocenters. The van der Waals surface area contributed by atoms with Gasteiger partial charge in [-0.1, -0.05) is 25.1 Å². The Labute approximate surface area is 144 Å². The molecule has 0 aliphatic heterocycles. The van der Waals surface area contributed by atoms with Crippen molar-refractivity contribution in [3.05, 3.63) is 36.3 Å². The summed E-state index contributed by atoms with van der Waals surface area (Å²) in [6.07, 6.45) is 4.11. The first-order chi connectivity index (χ1) is 12.2. The molecule has 0 saturated heterocycles. The molecule has 0 radical (unpaired) electrons. The van der Waals surface area contributed by atoms with Gasteiger partial charge in [-0.05, 0) is 6.42 Å². The van der Waals surface area contributed by atoms with Crippen LogP contribution in [0.15, 0.2) is 30.6 Å². The minimum Gasteiger partial charge on any atom is -0.467 e. The van der Waals surface area contributed by atoms with E-state index in [1.165, 1.54) is 7.11 Å². The van der Waals surface area contributed by atoms with E-state index in [0.29, 0.717) is 23.1 Å². The first-order valence-corrected chi connectivity index (χ1v) is 7.85. The fourth-order valence-corrected chi connectivity index (χ4v) is 2.43. The molecule has 2 aromatic heterocycles. The first kappa shape index (κ1) is 16.6. The molecule has 0 saturated carbocycles. The Bertz CT molecular complexity index is 911. The van der Waals surface area contributed by atoms with E-state index in [1.54, 1.807) is 12.4 Å². The molecule has 0 unspecified atom stereocenters. The number of hydrogen-bond donors (Lipinski definition) is 2. The zero-order chi connectivity index (χ0) is 17.8. The Hall–Kier alpha value is -3.29. The molecule has 3 aromatic rings. The Kier molecular flexibility index (Phi) is 4.69. The molecule has 25 heavy (non-hydrogen) atoms. The topological polar surface area (TPSA) is 116 Å². The van der Waals surface area contributed by atoms with Crippen molar-refractivity contribution in [2.75, 3.05) is 19.4 Å². The highest BCUT2D eigenvalue weighted by Gasteiger charge is 2.17. The summed E-state index contributed by atoms with van der Waals surface area (Å²) in [5.41, 5.74) is 8.71. The number of nitrogens with zero attached hydrogens (tertiary/aromatic N) is 4. The second kappa shape index (κ2) is 7.08. The lowest BCUT2D eigenvalue weighted by atomic mass is 10.0. The number of methoxy groups -OCH3 is 1. The predicted molar refractivity (Wildman–Crippen MR) is 94.2 cm³/mol. The van der Waals surface area contributed by atoms with Crippen LogP contribution in [0.1, 0.15) is 23.8 Å². The highest BCUT2D eigenvalue weighted by Crippen LogP contribution is 2.30. The van der Waals surface area contributed by atoms with E-state index < -0.39 is 0 Å². The van der Waals surface area contributed by atoms with Crippen molar-refractivity contribution in [1.82, 2.24) is 25.5 Å². The van der Waals surface area contributed by atoms with Gasteiger partial charge in [0.2, 0.25) is 0 Å². The summed E-state index contributed by atoms with van der Waals surface area (Å²) in [6.45, 7) is 2.53. The van der Waals surface area contributed by atoms with Crippen LogP contribution < -0.4 is 15.8 Å². The number of amides is 1. The minimum atomic E-state index is -0.327. The van der Waals surface area contributed by atoms with Gasteiger partial charge in [0.25, 0.3) is 5.91 Å². The van der Waals surface area contributed by atoms with Crippen LogP contribution in [0.4, 0.5) is 5.69 Å². The summed E-state index contributed by atoms with van der Waals surface area (Å²) >= 11 is 0. The zero-order valence-electron chi connectivity index (χ0n) is 14.0. The van der Waals surface area contributed by atoms with Crippen LogP contribution in [0, 0.1) is 0 Å². The molecule has 1 aromatic carbocycles. The SMILES string of the molecule is CCCNC(=O)c1nnc2c(-c3cnc(OC)nc3)cccc2c1N. The summed E-state index contributed by atoms with van der Waals surface area (Å²) in [6, 6.07) is 5.81. The summed E-state index contributed by atoms with van der Waals surface area (Å²) < 4.78 is 4.97. The molecule has 8 nitrogen and oxygen atoms in total. The summed E-state index contributed by atoms with van der Waals surface area (Å²) in [5, 5.41) is 11.7. The zero-order valence-corrected chi connectivity index (χ0v) is 14.0. The first-order valence-electron chi connectivity index (χ1n) is 7.85. The molecule has 0 aliphatic rings. The van der Waals surface area contributed by atoms with Gasteiger partial charge in [0.1, 0.15) is 5.52 Å². The highest BCUT2D eigenvalue weighted by molar-refractivity contribution is 6.07. The number of rotatable bonds is 5. The number of carbonyl (C=O) groups excluding carboxylic acids is 1. The van der Waals surface area contributed by atoms with E-state index in [-0.39, 0.29) is 17.6 Å². The van der Waals surface area contributed by atoms with E-state index in [9.17, 15) is 4.79 Å². The van der Waals surface area contributed by atoms with Gasteiger partial charge in [0.15, 0.2) is 5.69 Å². The number of ether oxygens (including phenoxy) is 1. The van der Waals surface area contributed by atoms with Gasteiger partial charge in [-0.25, -0.2) is 9.97 Å². The molecular formula is C17H18N6O2. The molecule has 0 fully saturated rings. The van der Waals surface area contributed by atoms with Crippen LogP contribution >= 0.6 is 0 Å². The van der Waals surface area contributed by atoms with Crippen LogP contribution in [-0.2, 0) is 0 Å². The van der Waals surface area contributed by atoms with Crippen molar-refractivity contribution >= 4 is 22.5 Å². The molecule has 3 rings (SSSR count). The molecule has 2 heterocycles. The maximum atomic E-state index is 12.2. The summed E-state index contributed by atoms with van der Waals surface area (Å²) in [4.78, 5) is 20.4. The molecule has 1 amide bonds. The molecule has 128 valence electrons. The van der Waals surface area contributed by atoms with Gasteiger partial charge in [-0.2, -0.15) is 0 Å². The molecule has 0 spiro atoms. The number of nitrogen functional groups attached to an aromatic ring is 1. The average molecular weight is 338 g/mol. The van der Waals surface area contributed by atoms with E-state index in [0.717, 1.165) is 17.5 Å². The minimum absolute atomic E-state index is 0.129. The molecular weight excluding hydrogens is 320 g/mol. The second-order valence-electron chi connectivity index (χ2n) is 5.38. The predicted octanol–water partition coefficient (Wildman–Crippen LogP) is 1.82. The van der Waals surface area contributed by atoms with Crippen molar-refractivity contribution in [1.29, 1.82) is 0 Å². The van der Waals surface area contributed by atoms with Gasteiger partial charge in [-0.15, -0.1) is 10.2 Å². The molecule has 0 bridgehead atoms. The summed E-state index contributed by atoms with van der Waals surface area (Å²) in [5.74, 6) is -0.327. The van der Waals surface area contributed by atoms with Gasteiger partial charge in [0, 0.05) is 35.5 Å². The standard InChI is InChI=1S/C17H18N6O2/c1-3-7-19-16(24)15-13(18)12-6-4-5-11(14(12)22-23-15)10-8-20-17(25-2)21-9-10/h4-6,8-9H,3,7H2,1-2H3,(H2,18,22)(H,19,24). The van der Waals surface area contributed by atoms with E-state index in [1.807, 2.05) is 25.1 Å². The number of benzene rings is 1. The number of carbonyl (C=O) groups is 1. The van der Waals surface area contributed by atoms with Crippen molar-refractivity contribution < 1.29 is 9.53 Å². The highest BCUT2D eigenvalue weighted by atomic mass is 16.5. The lowest BCUT2D eigenvalue weighted by Gasteiger charge is -2.10. The fraction of sp³-hybridized carbons (Fsp3) is 0.235. The van der Waals surface area contributed by atoms with E-state index in [4.69, 9.17) is 10.5 Å². The van der Waals surface area contributed by atoms with Crippen molar-refractivity contribution in [2.24, 2.45) is 0 Å². The smallest absolute Gasteiger partial charge is 0.316 e. The van der Waals surface area contributed by atoms with Gasteiger partial charge >= 0.3 is 6.01 Å². The lowest BCUT2D eigenvalue weighted by Crippen LogP contribution is -2.26. The lowest BCUT2D eigenvalue weighted by molar-refractivity contribution is 0.0949. The van der Waals surface area contributed by atoms with Gasteiger partial charge in [-0.3, -0.25) is 4.79 Å². The van der Waals surface area contributed by atoms with Crippen LogP contribution in [0.3, 0.4) is 0 Å². The maximum absolute atomic E-state index is 12.2. The normalized spacial score (nSPS) is 10.6. The van der Waals surface area contributed by atoms with Gasteiger partial charge in [0.05, 0.1) is 12.8 Å². The quantitative estimate of drug-likeness (QED) is 0.729. The third-order valence-corrected chi connectivity index (χ3v) is 3.70. The Morgan fingerprint density at radius 1 is 1.24 bits per heavy atom. The molecule has 3 N–H and O–H groups in total. The molecule has 8 heteroatoms. The van der Waals surface area contributed by atoms with Crippen LogP contribution in [0.2, 0.25) is 0 Å². The van der Waals surface area contributed by atoms with Crippen LogP contribution in [0.5, 0.6) is 6.01 Å². The Morgan fingerprint density at radius 2 is 2.00 bits per heavy atom. The number of nitrogens with two attached hydrogens (primary N) is 1. The summed E-state index contributed by atoms with van der Waals surface area (Å²) in [7, 11) is 1.50. The Morgan fingerprint density at radius 3 is 2.68 bits per heavy atom. The average Bonchev–Trinajstić information content (AvgIpc) is 2.66. The van der Waals surface area contributed by atoms with E-state index >= 15 is 0 Å². The number of anilines is 1. The van der Waals surface area contributed by atoms with Crippen molar-refractivity contribution in [2.45, 2.75) is 13.3 Å². The number of aromatic nitrogens is 4. The third-order valence-electron chi connectivity index (χ3n) is 3.70. The van der Waals surface area contributed by atoms with Gasteiger partial charge < -0.3 is 15.8 Å². The Balaban J connectivity index is 2.07. The second-order valence-corrected chi connectivity index (χ2v) is 5.38. The molecule has 0 aliphatic carbocycles. The van der Waals surface area contributed by atoms with E-state index in [2.05, 4.69) is 25.5 Å². The van der Waals surface area contributed by atoms with Crippen LogP contribution in [0.25, 0.3) is 22.0 Å². The maximum Gasteiger partial charge on any atom is 0.316 e. The monoisotopic (exact) mass is 338 g/mol.